The Bertz CT molecular complexity index is 623. The number of halogens is 2. The number of benzene rings is 1. The Morgan fingerprint density at radius 2 is 1.60 bits per heavy atom. The smallest absolute Gasteiger partial charge is 0.466 e. The Hall–Kier alpha value is -1.67. The van der Waals surface area contributed by atoms with E-state index in [2.05, 4.69) is 4.74 Å². The summed E-state index contributed by atoms with van der Waals surface area (Å²) < 4.78 is 50.5. The SMILES string of the molecule is COC(=O)CC(B1OC(C)(C)C(C)(C)O1)c1c(F)cc(OC)cc1F. The van der Waals surface area contributed by atoms with Crippen molar-refractivity contribution in [1.82, 2.24) is 0 Å². The summed E-state index contributed by atoms with van der Waals surface area (Å²) >= 11 is 0. The molecule has 138 valence electrons. The van der Waals surface area contributed by atoms with Gasteiger partial charge < -0.3 is 18.8 Å². The largest absolute Gasteiger partial charge is 0.497 e. The maximum absolute atomic E-state index is 14.6. The van der Waals surface area contributed by atoms with Gasteiger partial charge in [0.05, 0.1) is 31.8 Å². The summed E-state index contributed by atoms with van der Waals surface area (Å²) in [7, 11) is 1.53. The first-order valence-corrected chi connectivity index (χ1v) is 7.97. The molecule has 1 aliphatic rings. The second-order valence-electron chi connectivity index (χ2n) is 7.02. The maximum atomic E-state index is 14.6. The van der Waals surface area contributed by atoms with E-state index in [1.807, 2.05) is 27.7 Å². The maximum Gasteiger partial charge on any atom is 0.466 e. The molecule has 1 saturated heterocycles. The number of esters is 1. The Labute approximate surface area is 146 Å². The summed E-state index contributed by atoms with van der Waals surface area (Å²) in [6.45, 7) is 7.29. The van der Waals surface area contributed by atoms with Gasteiger partial charge in [0, 0.05) is 23.5 Å². The van der Waals surface area contributed by atoms with Crippen LogP contribution in [0.4, 0.5) is 8.78 Å². The fraction of sp³-hybridized carbons (Fsp3) is 0.588. The molecule has 1 atom stereocenters. The Balaban J connectivity index is 2.47. The standard InChI is InChI=1S/C17H23BF2O5/c1-16(2)17(3,4)25-18(24-16)11(9-14(21)23-6)15-12(19)7-10(22-5)8-13(15)20/h7-8,11H,9H2,1-6H3. The zero-order valence-corrected chi connectivity index (χ0v) is 15.3. The normalized spacial score (nSPS) is 19.6. The Morgan fingerprint density at radius 1 is 1.12 bits per heavy atom. The van der Waals surface area contributed by atoms with Crippen molar-refractivity contribution >= 4 is 13.1 Å². The molecule has 1 heterocycles. The summed E-state index contributed by atoms with van der Waals surface area (Å²) in [6, 6.07) is 2.13. The molecule has 0 N–H and O–H groups in total. The third-order valence-electron chi connectivity index (χ3n) is 4.87. The Kier molecular flexibility index (Phi) is 5.44. The first-order valence-electron chi connectivity index (χ1n) is 7.97. The summed E-state index contributed by atoms with van der Waals surface area (Å²) in [6.07, 6.45) is -0.284. The third-order valence-corrected chi connectivity index (χ3v) is 4.87. The van der Waals surface area contributed by atoms with Crippen LogP contribution in [0.1, 0.15) is 45.5 Å². The van der Waals surface area contributed by atoms with Crippen LogP contribution in [0.15, 0.2) is 12.1 Å². The van der Waals surface area contributed by atoms with E-state index in [0.717, 1.165) is 12.1 Å². The fourth-order valence-electron chi connectivity index (χ4n) is 2.68. The van der Waals surface area contributed by atoms with Crippen LogP contribution in [0.3, 0.4) is 0 Å². The van der Waals surface area contributed by atoms with E-state index in [4.69, 9.17) is 14.0 Å². The quantitative estimate of drug-likeness (QED) is 0.599. The van der Waals surface area contributed by atoms with Crippen molar-refractivity contribution in [2.45, 2.75) is 51.1 Å². The van der Waals surface area contributed by atoms with Gasteiger partial charge in [0.2, 0.25) is 0 Å². The molecule has 0 aliphatic carbocycles. The van der Waals surface area contributed by atoms with Gasteiger partial charge in [-0.05, 0) is 27.7 Å². The molecule has 0 spiro atoms. The van der Waals surface area contributed by atoms with Crippen LogP contribution in [0.2, 0.25) is 0 Å². The monoisotopic (exact) mass is 356 g/mol. The molecule has 0 bridgehead atoms. The molecular weight excluding hydrogens is 333 g/mol. The molecule has 0 amide bonds. The highest BCUT2D eigenvalue weighted by molar-refractivity contribution is 6.48. The minimum absolute atomic E-state index is 0.0458. The third kappa shape index (κ3) is 3.79. The van der Waals surface area contributed by atoms with Gasteiger partial charge >= 0.3 is 13.1 Å². The van der Waals surface area contributed by atoms with E-state index in [0.29, 0.717) is 0 Å². The average molecular weight is 356 g/mol. The van der Waals surface area contributed by atoms with E-state index >= 15 is 0 Å². The Morgan fingerprint density at radius 3 is 2.00 bits per heavy atom. The van der Waals surface area contributed by atoms with Crippen molar-refractivity contribution in [3.8, 4) is 5.75 Å². The minimum atomic E-state index is -1.00. The van der Waals surface area contributed by atoms with Gasteiger partial charge in [0.1, 0.15) is 17.4 Å². The van der Waals surface area contributed by atoms with Crippen LogP contribution in [-0.2, 0) is 18.8 Å². The van der Waals surface area contributed by atoms with Gasteiger partial charge in [0.25, 0.3) is 0 Å². The molecule has 25 heavy (non-hydrogen) atoms. The van der Waals surface area contributed by atoms with Crippen molar-refractivity contribution in [2.24, 2.45) is 0 Å². The van der Waals surface area contributed by atoms with Crippen molar-refractivity contribution in [3.05, 3.63) is 29.3 Å². The second kappa shape index (κ2) is 6.92. The fourth-order valence-corrected chi connectivity index (χ4v) is 2.68. The molecule has 0 saturated carbocycles. The number of methoxy groups -OCH3 is 2. The summed E-state index contributed by atoms with van der Waals surface area (Å²) in [5.74, 6) is -3.24. The molecule has 1 aliphatic heterocycles. The molecule has 1 aromatic carbocycles. The summed E-state index contributed by atoms with van der Waals surface area (Å²) in [5, 5.41) is 0. The molecule has 1 unspecified atom stereocenters. The van der Waals surface area contributed by atoms with Crippen molar-refractivity contribution in [2.75, 3.05) is 14.2 Å². The molecule has 1 aromatic rings. The lowest BCUT2D eigenvalue weighted by Gasteiger charge is -2.32. The van der Waals surface area contributed by atoms with Crippen LogP contribution in [0, 0.1) is 11.6 Å². The van der Waals surface area contributed by atoms with E-state index < -0.39 is 41.7 Å². The van der Waals surface area contributed by atoms with Crippen LogP contribution in [0.25, 0.3) is 0 Å². The van der Waals surface area contributed by atoms with Crippen LogP contribution >= 0.6 is 0 Å². The number of ether oxygens (including phenoxy) is 2. The zero-order chi connectivity index (χ0) is 19.0. The molecule has 5 nitrogen and oxygen atoms in total. The highest BCUT2D eigenvalue weighted by Crippen LogP contribution is 2.43. The molecule has 1 fully saturated rings. The van der Waals surface area contributed by atoms with Crippen LogP contribution in [0.5, 0.6) is 5.75 Å². The topological polar surface area (TPSA) is 54.0 Å². The molecular formula is C17H23BF2O5. The lowest BCUT2D eigenvalue weighted by atomic mass is 9.66. The van der Waals surface area contributed by atoms with Gasteiger partial charge in [-0.1, -0.05) is 0 Å². The van der Waals surface area contributed by atoms with Gasteiger partial charge in [-0.25, -0.2) is 8.78 Å². The van der Waals surface area contributed by atoms with Crippen molar-refractivity contribution < 1.29 is 32.4 Å². The highest BCUT2D eigenvalue weighted by Gasteiger charge is 2.55. The van der Waals surface area contributed by atoms with E-state index in [9.17, 15) is 13.6 Å². The number of hydrogen-bond acceptors (Lipinski definition) is 5. The molecule has 0 aromatic heterocycles. The molecule has 2 rings (SSSR count). The van der Waals surface area contributed by atoms with E-state index in [-0.39, 0.29) is 17.7 Å². The first-order chi connectivity index (χ1) is 11.5. The zero-order valence-electron chi connectivity index (χ0n) is 15.3. The van der Waals surface area contributed by atoms with E-state index in [1.165, 1.54) is 14.2 Å². The van der Waals surface area contributed by atoms with Crippen LogP contribution < -0.4 is 4.74 Å². The minimum Gasteiger partial charge on any atom is -0.497 e. The van der Waals surface area contributed by atoms with Gasteiger partial charge in [-0.15, -0.1) is 0 Å². The van der Waals surface area contributed by atoms with Gasteiger partial charge in [0.15, 0.2) is 0 Å². The molecule has 0 radical (unpaired) electrons. The lowest BCUT2D eigenvalue weighted by molar-refractivity contribution is -0.140. The van der Waals surface area contributed by atoms with Gasteiger partial charge in [-0.2, -0.15) is 0 Å². The summed E-state index contributed by atoms with van der Waals surface area (Å²) in [4.78, 5) is 11.8. The number of hydrogen-bond donors (Lipinski definition) is 0. The van der Waals surface area contributed by atoms with Gasteiger partial charge in [-0.3, -0.25) is 4.79 Å². The number of rotatable bonds is 5. The summed E-state index contributed by atoms with van der Waals surface area (Å²) in [5.41, 5.74) is -1.69. The number of carbonyl (C=O) groups excluding carboxylic acids is 1. The molecule has 8 heteroatoms. The first kappa shape index (κ1) is 19.7. The van der Waals surface area contributed by atoms with Crippen molar-refractivity contribution in [3.63, 3.8) is 0 Å². The van der Waals surface area contributed by atoms with Crippen molar-refractivity contribution in [1.29, 1.82) is 0 Å². The predicted molar refractivity (Wildman–Crippen MR) is 88.4 cm³/mol. The van der Waals surface area contributed by atoms with E-state index in [1.54, 1.807) is 0 Å². The highest BCUT2D eigenvalue weighted by atomic mass is 19.1. The lowest BCUT2D eigenvalue weighted by Crippen LogP contribution is -2.41. The predicted octanol–water partition coefficient (Wildman–Crippen LogP) is 3.25. The van der Waals surface area contributed by atoms with Crippen LogP contribution in [-0.4, -0.2) is 38.5 Å². The second-order valence-corrected chi connectivity index (χ2v) is 7.02. The number of carbonyl (C=O) groups is 1. The average Bonchev–Trinajstić information content (AvgIpc) is 2.73.